The molecule has 0 saturated heterocycles. The largest absolute Gasteiger partial charge is 0.454 e. The molecule has 11 rings (SSSR count). The summed E-state index contributed by atoms with van der Waals surface area (Å²) >= 11 is 0. The summed E-state index contributed by atoms with van der Waals surface area (Å²) < 4.78 is 17.8. The summed E-state index contributed by atoms with van der Waals surface area (Å²) in [6.45, 7) is 27.1. The topological polar surface area (TPSA) is 85.7 Å². The fourth-order valence-electron chi connectivity index (χ4n) is 9.66. The van der Waals surface area contributed by atoms with Gasteiger partial charge in [0.2, 0.25) is 0 Å². The lowest BCUT2D eigenvalue weighted by molar-refractivity contribution is 0.590. The molecule has 0 bridgehead atoms. The van der Waals surface area contributed by atoms with E-state index in [2.05, 4.69) is 177 Å². The molecule has 0 amide bonds. The highest BCUT2D eigenvalue weighted by Crippen LogP contribution is 2.43. The number of fused-ring (bicyclic) bond motifs is 12. The Hall–Kier alpha value is -6.91. The number of nitriles is 1. The van der Waals surface area contributed by atoms with Gasteiger partial charge in [-0.25, -0.2) is 9.97 Å². The number of hydrogen-bond acceptors (Lipinski definition) is 5. The zero-order valence-electron chi connectivity index (χ0n) is 38.9. The van der Waals surface area contributed by atoms with Gasteiger partial charge >= 0.3 is 0 Å². The summed E-state index contributed by atoms with van der Waals surface area (Å²) in [5.74, 6) is 1.49. The molecule has 0 radical (unpaired) electrons. The molecule has 0 aliphatic carbocycles. The summed E-state index contributed by atoms with van der Waals surface area (Å²) in [7, 11) is 0. The fraction of sp³-hybridized carbons (Fsp3) is 0.281. The van der Waals surface area contributed by atoms with Crippen LogP contribution in [0.25, 0.3) is 99.1 Å². The lowest BCUT2D eigenvalue weighted by atomic mass is 9.85. The monoisotopic (exact) mass is 839 g/mol. The van der Waals surface area contributed by atoms with Crippen molar-refractivity contribution < 1.29 is 8.83 Å². The van der Waals surface area contributed by atoms with Crippen molar-refractivity contribution in [2.75, 3.05) is 0 Å². The normalized spacial score (nSPS) is 13.3. The molecular weight excluding hydrogens is 787 g/mol. The number of benzene rings is 5. The Morgan fingerprint density at radius 3 is 1.00 bits per heavy atom. The summed E-state index contributed by atoms with van der Waals surface area (Å²) in [5.41, 5.74) is 12.0. The van der Waals surface area contributed by atoms with Gasteiger partial charge in [0, 0.05) is 67.6 Å². The minimum atomic E-state index is -0.00311. The van der Waals surface area contributed by atoms with E-state index in [1.165, 1.54) is 43.8 Å². The molecule has 0 saturated carbocycles. The van der Waals surface area contributed by atoms with Crippen LogP contribution in [-0.4, -0.2) is 19.1 Å². The quantitative estimate of drug-likeness (QED) is 0.173. The first-order valence-electron chi connectivity index (χ1n) is 22.4. The molecule has 0 spiro atoms. The van der Waals surface area contributed by atoms with Crippen LogP contribution >= 0.6 is 0 Å². The van der Waals surface area contributed by atoms with Crippen LogP contribution in [0.1, 0.15) is 111 Å². The molecule has 5 aromatic carbocycles. The second-order valence-electron chi connectivity index (χ2n) is 22.0. The third-order valence-electron chi connectivity index (χ3n) is 13.5. The van der Waals surface area contributed by atoms with Gasteiger partial charge in [-0.1, -0.05) is 107 Å². The Morgan fingerprint density at radius 2 is 0.719 bits per heavy atom. The number of pyridine rings is 2. The molecule has 7 nitrogen and oxygen atoms in total. The summed E-state index contributed by atoms with van der Waals surface area (Å²) in [6, 6.07) is 35.7. The highest BCUT2D eigenvalue weighted by molar-refractivity contribution is 6.18. The molecule has 7 heteroatoms. The van der Waals surface area contributed by atoms with Crippen LogP contribution < -0.4 is 0 Å². The maximum Gasteiger partial charge on any atom is 0.157 e. The Kier molecular flexibility index (Phi) is 8.15. The predicted octanol–water partition coefficient (Wildman–Crippen LogP) is 15.5. The molecule has 0 atom stereocenters. The zero-order chi connectivity index (χ0) is 45.0. The van der Waals surface area contributed by atoms with Gasteiger partial charge in [0.15, 0.2) is 11.2 Å². The Balaban J connectivity index is 1.08. The van der Waals surface area contributed by atoms with Gasteiger partial charge in [-0.2, -0.15) is 5.26 Å². The van der Waals surface area contributed by atoms with E-state index >= 15 is 0 Å². The Labute approximate surface area is 372 Å². The van der Waals surface area contributed by atoms with Crippen LogP contribution in [0, 0.1) is 11.3 Å². The molecule has 6 heterocycles. The standard InChI is InChI=1S/C57H53N5O2/c1-54(2,3)31-13-17-44-35(21-31)36-22-32(55(4,5)6)14-18-45(36)61(44)50-26-48-42(29-59-50)39-25-40-43-30-60-51(27-49(43)64-53(40)41(28-58)52(39)63-48)62-46-19-15-33(56(7,8)9)23-37(46)38-24-34(57(10,11)12)16-20-47(38)62/h13-27,29-30H,1-12H3. The van der Waals surface area contributed by atoms with Gasteiger partial charge < -0.3 is 8.83 Å². The van der Waals surface area contributed by atoms with Gasteiger partial charge in [-0.05, 0) is 98.5 Å². The van der Waals surface area contributed by atoms with Crippen LogP contribution in [0.2, 0.25) is 0 Å². The first kappa shape index (κ1) is 39.9. The smallest absolute Gasteiger partial charge is 0.157 e. The highest BCUT2D eigenvalue weighted by Gasteiger charge is 2.26. The van der Waals surface area contributed by atoms with Crippen molar-refractivity contribution in [3.8, 4) is 17.7 Å². The van der Waals surface area contributed by atoms with Crippen molar-refractivity contribution in [2.45, 2.75) is 105 Å². The van der Waals surface area contributed by atoms with Crippen molar-refractivity contribution in [1.82, 2.24) is 19.1 Å². The first-order valence-corrected chi connectivity index (χ1v) is 22.4. The molecule has 6 aromatic heterocycles. The molecule has 0 unspecified atom stereocenters. The number of rotatable bonds is 2. The van der Waals surface area contributed by atoms with E-state index in [4.69, 9.17) is 18.8 Å². The second-order valence-corrected chi connectivity index (χ2v) is 22.0. The van der Waals surface area contributed by atoms with Crippen LogP contribution in [-0.2, 0) is 21.7 Å². The molecule has 0 aliphatic rings. The molecule has 0 N–H and O–H groups in total. The van der Waals surface area contributed by atoms with E-state index in [-0.39, 0.29) is 21.7 Å². The minimum absolute atomic E-state index is 0.00311. The van der Waals surface area contributed by atoms with Crippen molar-refractivity contribution in [3.63, 3.8) is 0 Å². The van der Waals surface area contributed by atoms with Crippen molar-refractivity contribution in [3.05, 3.63) is 131 Å². The maximum absolute atomic E-state index is 10.8. The van der Waals surface area contributed by atoms with Crippen molar-refractivity contribution in [1.29, 1.82) is 5.26 Å². The fourth-order valence-corrected chi connectivity index (χ4v) is 9.66. The SMILES string of the molecule is CC(C)(C)c1ccc2c(c1)c1cc(C(C)(C)C)ccc1n2-c1cc2oc3c(C#N)c4oc5cc(-n6c7ccc(C(C)(C)C)cc7c7cc(C(C)(C)C)ccc76)ncc5c4cc3c2cn1. The number of nitrogens with zero attached hydrogens (tertiary/aromatic N) is 5. The molecule has 0 aliphatic heterocycles. The van der Waals surface area contributed by atoms with Crippen LogP contribution in [0.5, 0.6) is 0 Å². The van der Waals surface area contributed by atoms with E-state index in [9.17, 15) is 5.26 Å². The van der Waals surface area contributed by atoms with E-state index in [1.807, 2.05) is 24.5 Å². The molecule has 318 valence electrons. The average molecular weight is 840 g/mol. The third kappa shape index (κ3) is 5.91. The zero-order valence-corrected chi connectivity index (χ0v) is 38.9. The van der Waals surface area contributed by atoms with E-state index in [1.54, 1.807) is 0 Å². The van der Waals surface area contributed by atoms with Crippen molar-refractivity contribution in [2.24, 2.45) is 0 Å². The Morgan fingerprint density at radius 1 is 0.406 bits per heavy atom. The number of furan rings is 2. The van der Waals surface area contributed by atoms with Gasteiger partial charge in [0.25, 0.3) is 0 Å². The third-order valence-corrected chi connectivity index (χ3v) is 13.5. The average Bonchev–Trinajstić information content (AvgIpc) is 3.97. The molecule has 11 aromatic rings. The van der Waals surface area contributed by atoms with Crippen LogP contribution in [0.3, 0.4) is 0 Å². The van der Waals surface area contributed by atoms with Gasteiger partial charge in [0.1, 0.15) is 34.4 Å². The van der Waals surface area contributed by atoms with E-state index in [0.717, 1.165) is 55.2 Å². The summed E-state index contributed by atoms with van der Waals surface area (Å²) in [5, 5.41) is 18.8. The van der Waals surface area contributed by atoms with E-state index in [0.29, 0.717) is 27.9 Å². The first-order chi connectivity index (χ1) is 30.2. The molecule has 0 fully saturated rings. The minimum Gasteiger partial charge on any atom is -0.454 e. The van der Waals surface area contributed by atoms with Gasteiger partial charge in [0.05, 0.1) is 22.1 Å². The summed E-state index contributed by atoms with van der Waals surface area (Å²) in [4.78, 5) is 10.2. The van der Waals surface area contributed by atoms with Gasteiger partial charge in [-0.15, -0.1) is 0 Å². The number of aromatic nitrogens is 4. The lowest BCUT2D eigenvalue weighted by Gasteiger charge is -2.19. The maximum atomic E-state index is 10.8. The molecule has 64 heavy (non-hydrogen) atoms. The molecular formula is C57H53N5O2. The van der Waals surface area contributed by atoms with E-state index < -0.39 is 0 Å². The second kappa shape index (κ2) is 13.1. The Bertz CT molecular complexity index is 3450. The highest BCUT2D eigenvalue weighted by atomic mass is 16.3. The summed E-state index contributed by atoms with van der Waals surface area (Å²) in [6.07, 6.45) is 3.76. The van der Waals surface area contributed by atoms with Gasteiger partial charge in [-0.3, -0.25) is 9.13 Å². The lowest BCUT2D eigenvalue weighted by Crippen LogP contribution is -2.10. The van der Waals surface area contributed by atoms with Crippen molar-refractivity contribution >= 4 is 87.5 Å². The number of hydrogen-bond donors (Lipinski definition) is 0. The predicted molar refractivity (Wildman–Crippen MR) is 265 cm³/mol. The van der Waals surface area contributed by atoms with Crippen LogP contribution in [0.15, 0.2) is 112 Å². The van der Waals surface area contributed by atoms with Crippen LogP contribution in [0.4, 0.5) is 0 Å².